The molecule has 0 saturated carbocycles. The maximum absolute atomic E-state index is 13.9. The molecule has 1 heterocycles. The molecule has 0 aliphatic carbocycles. The molecule has 0 aliphatic rings. The minimum Gasteiger partial charge on any atom is -0.497 e. The molecule has 0 aliphatic heterocycles. The van der Waals surface area contributed by atoms with Crippen LogP contribution in [0, 0.1) is 17.5 Å². The summed E-state index contributed by atoms with van der Waals surface area (Å²) >= 11 is 0. The van der Waals surface area contributed by atoms with Gasteiger partial charge < -0.3 is 4.74 Å². The molecular formula is C19H13F3N2O2. The number of halogens is 3. The monoisotopic (exact) mass is 358 g/mol. The average molecular weight is 358 g/mol. The lowest BCUT2D eigenvalue weighted by Crippen LogP contribution is -1.99. The van der Waals surface area contributed by atoms with Crippen molar-refractivity contribution in [3.8, 4) is 17.0 Å². The number of rotatable bonds is 5. The number of ketones is 1. The Hall–Kier alpha value is -3.35. The Morgan fingerprint density at radius 1 is 1.04 bits per heavy atom. The van der Waals surface area contributed by atoms with E-state index in [1.165, 1.54) is 37.5 Å². The third kappa shape index (κ3) is 3.66. The Bertz CT molecular complexity index is 996. The molecule has 1 aromatic heterocycles. The first-order valence-electron chi connectivity index (χ1n) is 7.54. The Balaban J connectivity index is 1.78. The number of nitrogens with one attached hydrogen (secondary N) is 1. The number of aromatic nitrogens is 2. The second kappa shape index (κ2) is 7.26. The van der Waals surface area contributed by atoms with Gasteiger partial charge in [0.15, 0.2) is 17.4 Å². The van der Waals surface area contributed by atoms with Crippen LogP contribution in [0.15, 0.2) is 48.5 Å². The summed E-state index contributed by atoms with van der Waals surface area (Å²) in [5.74, 6) is -2.84. The molecule has 0 saturated heterocycles. The van der Waals surface area contributed by atoms with Crippen LogP contribution in [0.4, 0.5) is 13.2 Å². The van der Waals surface area contributed by atoms with E-state index in [-0.39, 0.29) is 5.56 Å². The second-order valence-corrected chi connectivity index (χ2v) is 5.38. The van der Waals surface area contributed by atoms with Gasteiger partial charge in [-0.25, -0.2) is 13.2 Å². The summed E-state index contributed by atoms with van der Waals surface area (Å²) < 4.78 is 45.0. The van der Waals surface area contributed by atoms with Crippen LogP contribution in [0.25, 0.3) is 17.3 Å². The zero-order valence-corrected chi connectivity index (χ0v) is 13.6. The third-order valence-corrected chi connectivity index (χ3v) is 3.67. The zero-order valence-electron chi connectivity index (χ0n) is 13.6. The molecule has 2 aromatic carbocycles. The largest absolute Gasteiger partial charge is 0.497 e. The predicted octanol–water partition coefficient (Wildman–Crippen LogP) is 4.40. The van der Waals surface area contributed by atoms with E-state index in [4.69, 9.17) is 4.74 Å². The number of H-pyrrole nitrogens is 1. The molecule has 7 heteroatoms. The first-order chi connectivity index (χ1) is 12.5. The predicted molar refractivity (Wildman–Crippen MR) is 90.3 cm³/mol. The highest BCUT2D eigenvalue weighted by Gasteiger charge is 2.11. The molecule has 4 nitrogen and oxygen atoms in total. The summed E-state index contributed by atoms with van der Waals surface area (Å²) in [4.78, 5) is 12.1. The number of hydrogen-bond donors (Lipinski definition) is 1. The van der Waals surface area contributed by atoms with E-state index < -0.39 is 23.2 Å². The number of methoxy groups -OCH3 is 1. The van der Waals surface area contributed by atoms with Crippen molar-refractivity contribution in [3.63, 3.8) is 0 Å². The molecule has 3 rings (SSSR count). The number of allylic oxidation sites excluding steroid dienone is 1. The van der Waals surface area contributed by atoms with Crippen LogP contribution in [-0.2, 0) is 0 Å². The van der Waals surface area contributed by atoms with Crippen molar-refractivity contribution in [2.45, 2.75) is 0 Å². The van der Waals surface area contributed by atoms with Crippen molar-refractivity contribution in [3.05, 3.63) is 77.2 Å². The Labute approximate surface area is 146 Å². The lowest BCUT2D eigenvalue weighted by Gasteiger charge is -2.02. The van der Waals surface area contributed by atoms with Gasteiger partial charge in [-0.3, -0.25) is 9.89 Å². The van der Waals surface area contributed by atoms with Crippen molar-refractivity contribution in [1.82, 2.24) is 10.2 Å². The van der Waals surface area contributed by atoms with Gasteiger partial charge in [-0.15, -0.1) is 0 Å². The summed E-state index contributed by atoms with van der Waals surface area (Å²) in [6, 6.07) is 8.92. The lowest BCUT2D eigenvalue weighted by molar-refractivity contribution is 0.104. The molecule has 0 unspecified atom stereocenters. The summed E-state index contributed by atoms with van der Waals surface area (Å²) in [6.45, 7) is 0. The van der Waals surface area contributed by atoms with E-state index in [1.54, 1.807) is 6.07 Å². The number of carbonyl (C=O) groups excluding carboxylic acids is 1. The fraction of sp³-hybridized carbons (Fsp3) is 0.0526. The van der Waals surface area contributed by atoms with Crippen molar-refractivity contribution < 1.29 is 22.7 Å². The molecule has 1 N–H and O–H groups in total. The molecule has 3 aromatic rings. The Morgan fingerprint density at radius 2 is 1.85 bits per heavy atom. The molecule has 26 heavy (non-hydrogen) atoms. The molecule has 0 amide bonds. The molecule has 132 valence electrons. The lowest BCUT2D eigenvalue weighted by atomic mass is 10.1. The number of benzene rings is 2. The number of aromatic amines is 1. The van der Waals surface area contributed by atoms with Gasteiger partial charge in [0.2, 0.25) is 0 Å². The molecule has 0 atom stereocenters. The number of carbonyl (C=O) groups is 1. The standard InChI is InChI=1S/C19H13F3N2O2/c1-26-13-4-5-14(16(21)10-13)19(25)7-3-12-9-18(24-23-12)11-2-6-15(20)17(22)8-11/h2-10H,1H3,(H,23,24). The first kappa shape index (κ1) is 17.5. The SMILES string of the molecule is COc1ccc(C(=O)C=Cc2cc(-c3ccc(F)c(F)c3)n[nH]2)c(F)c1. The zero-order chi connectivity index (χ0) is 18.7. The highest BCUT2D eigenvalue weighted by molar-refractivity contribution is 6.07. The van der Waals surface area contributed by atoms with Gasteiger partial charge >= 0.3 is 0 Å². The van der Waals surface area contributed by atoms with Gasteiger partial charge in [-0.05, 0) is 48.6 Å². The molecule has 0 spiro atoms. The second-order valence-electron chi connectivity index (χ2n) is 5.38. The summed E-state index contributed by atoms with van der Waals surface area (Å²) in [5.41, 5.74) is 1.12. The average Bonchev–Trinajstić information content (AvgIpc) is 3.11. The van der Waals surface area contributed by atoms with E-state index in [9.17, 15) is 18.0 Å². The van der Waals surface area contributed by atoms with E-state index in [0.717, 1.165) is 18.2 Å². The first-order valence-corrected chi connectivity index (χ1v) is 7.54. The maximum Gasteiger partial charge on any atom is 0.188 e. The van der Waals surface area contributed by atoms with Gasteiger partial charge in [0.25, 0.3) is 0 Å². The number of hydrogen-bond acceptors (Lipinski definition) is 3. The fourth-order valence-electron chi connectivity index (χ4n) is 2.30. The van der Waals surface area contributed by atoms with Crippen LogP contribution >= 0.6 is 0 Å². The van der Waals surface area contributed by atoms with Crippen molar-refractivity contribution in [2.75, 3.05) is 7.11 Å². The van der Waals surface area contributed by atoms with Crippen LogP contribution in [-0.4, -0.2) is 23.1 Å². The molecular weight excluding hydrogens is 345 g/mol. The van der Waals surface area contributed by atoms with Crippen molar-refractivity contribution >= 4 is 11.9 Å². The van der Waals surface area contributed by atoms with Crippen LogP contribution in [0.1, 0.15) is 16.1 Å². The summed E-state index contributed by atoms with van der Waals surface area (Å²) in [6.07, 6.45) is 2.61. The summed E-state index contributed by atoms with van der Waals surface area (Å²) in [7, 11) is 1.40. The highest BCUT2D eigenvalue weighted by Crippen LogP contribution is 2.21. The Morgan fingerprint density at radius 3 is 2.54 bits per heavy atom. The normalized spacial score (nSPS) is 11.1. The quantitative estimate of drug-likeness (QED) is 0.543. The van der Waals surface area contributed by atoms with E-state index in [0.29, 0.717) is 22.7 Å². The van der Waals surface area contributed by atoms with Gasteiger partial charge in [-0.1, -0.05) is 0 Å². The molecule has 0 fully saturated rings. The van der Waals surface area contributed by atoms with Crippen molar-refractivity contribution in [1.29, 1.82) is 0 Å². The van der Waals surface area contributed by atoms with Gasteiger partial charge in [0.1, 0.15) is 11.6 Å². The minimum absolute atomic E-state index is 0.0950. The van der Waals surface area contributed by atoms with Gasteiger partial charge in [0, 0.05) is 11.6 Å². The van der Waals surface area contributed by atoms with Crippen LogP contribution in [0.3, 0.4) is 0 Å². The fourth-order valence-corrected chi connectivity index (χ4v) is 2.30. The number of ether oxygens (including phenoxy) is 1. The van der Waals surface area contributed by atoms with Crippen molar-refractivity contribution in [2.24, 2.45) is 0 Å². The van der Waals surface area contributed by atoms with Crippen LogP contribution in [0.2, 0.25) is 0 Å². The topological polar surface area (TPSA) is 55.0 Å². The smallest absolute Gasteiger partial charge is 0.188 e. The van der Waals surface area contributed by atoms with Gasteiger partial charge in [0.05, 0.1) is 24.1 Å². The number of nitrogens with zero attached hydrogens (tertiary/aromatic N) is 1. The molecule has 0 bridgehead atoms. The minimum atomic E-state index is -0.979. The van der Waals surface area contributed by atoms with Crippen LogP contribution in [0.5, 0.6) is 5.75 Å². The van der Waals surface area contributed by atoms with E-state index in [2.05, 4.69) is 10.2 Å². The van der Waals surface area contributed by atoms with E-state index in [1.807, 2.05) is 0 Å². The highest BCUT2D eigenvalue weighted by atomic mass is 19.2. The Kier molecular flexibility index (Phi) is 4.88. The maximum atomic E-state index is 13.9. The third-order valence-electron chi connectivity index (χ3n) is 3.67. The van der Waals surface area contributed by atoms with Gasteiger partial charge in [-0.2, -0.15) is 5.10 Å². The van der Waals surface area contributed by atoms with Crippen LogP contribution < -0.4 is 4.74 Å². The van der Waals surface area contributed by atoms with E-state index >= 15 is 0 Å². The molecule has 0 radical (unpaired) electrons. The summed E-state index contributed by atoms with van der Waals surface area (Å²) in [5, 5.41) is 6.64.